The lowest BCUT2D eigenvalue weighted by molar-refractivity contribution is -0.145. The molecule has 0 amide bonds. The van der Waals surface area contributed by atoms with Crippen LogP contribution in [0.5, 0.6) is 0 Å². The Morgan fingerprint density at radius 2 is 1.44 bits per heavy atom. The molecule has 0 aromatic rings. The maximum absolute atomic E-state index is 11.6. The van der Waals surface area contributed by atoms with Crippen molar-refractivity contribution < 1.29 is 24.3 Å². The van der Waals surface area contributed by atoms with Gasteiger partial charge < -0.3 is 14.9 Å². The Labute approximate surface area is 106 Å². The molecule has 4 fully saturated rings. The van der Waals surface area contributed by atoms with Gasteiger partial charge >= 0.3 is 13.6 Å². The summed E-state index contributed by atoms with van der Waals surface area (Å²) < 4.78 is 11.6. The van der Waals surface area contributed by atoms with E-state index in [1.54, 1.807) is 0 Å². The van der Waals surface area contributed by atoms with Crippen molar-refractivity contribution in [2.45, 2.75) is 44.2 Å². The molecule has 1 unspecified atom stereocenters. The summed E-state index contributed by atoms with van der Waals surface area (Å²) in [5.74, 6) is 0.157. The van der Waals surface area contributed by atoms with Gasteiger partial charge in [0.1, 0.15) is 0 Å². The highest BCUT2D eigenvalue weighted by Gasteiger charge is 2.60. The molecule has 0 aromatic heterocycles. The molecule has 4 saturated carbocycles. The largest absolute Gasteiger partial charge is 0.481 e. The molecule has 0 aromatic carbocycles. The van der Waals surface area contributed by atoms with Crippen LogP contribution in [0.2, 0.25) is 0 Å². The van der Waals surface area contributed by atoms with Crippen LogP contribution in [-0.2, 0) is 9.36 Å². The summed E-state index contributed by atoms with van der Waals surface area (Å²) in [7, 11) is -4.58. The van der Waals surface area contributed by atoms with Gasteiger partial charge in [-0.25, -0.2) is 0 Å². The first-order valence-electron chi connectivity index (χ1n) is 6.58. The molecule has 4 bridgehead atoms. The normalized spacial score (nSPS) is 44.0. The number of hydrogen-bond acceptors (Lipinski definition) is 2. The molecule has 102 valence electrons. The number of hydrogen-bond donors (Lipinski definition) is 3. The molecule has 4 aliphatic carbocycles. The zero-order valence-electron chi connectivity index (χ0n) is 10.2. The van der Waals surface area contributed by atoms with Crippen LogP contribution in [0.25, 0.3) is 0 Å². The van der Waals surface area contributed by atoms with Crippen LogP contribution in [0.4, 0.5) is 0 Å². The van der Waals surface area contributed by atoms with Gasteiger partial charge in [0, 0.05) is 0 Å². The van der Waals surface area contributed by atoms with Gasteiger partial charge in [0.2, 0.25) is 0 Å². The van der Waals surface area contributed by atoms with Gasteiger partial charge in [-0.3, -0.25) is 9.36 Å². The van der Waals surface area contributed by atoms with E-state index < -0.39 is 24.6 Å². The van der Waals surface area contributed by atoms with E-state index >= 15 is 0 Å². The van der Waals surface area contributed by atoms with Crippen molar-refractivity contribution >= 4 is 13.6 Å². The summed E-state index contributed by atoms with van der Waals surface area (Å²) in [6.45, 7) is 0. The number of carboxylic acids is 1. The van der Waals surface area contributed by atoms with Crippen LogP contribution in [0.3, 0.4) is 0 Å². The SMILES string of the molecule is O=C(O)C(C12CC3CC(CC(C3)C1)C2)P(=O)(O)O. The molecule has 0 heterocycles. The summed E-state index contributed by atoms with van der Waals surface area (Å²) in [5.41, 5.74) is -2.13. The van der Waals surface area contributed by atoms with Crippen LogP contribution < -0.4 is 0 Å². The molecule has 0 radical (unpaired) electrons. The quantitative estimate of drug-likeness (QED) is 0.682. The highest BCUT2D eigenvalue weighted by molar-refractivity contribution is 7.53. The lowest BCUT2D eigenvalue weighted by Crippen LogP contribution is -2.53. The van der Waals surface area contributed by atoms with Gasteiger partial charge in [-0.15, -0.1) is 0 Å². The average molecular weight is 274 g/mol. The molecule has 0 spiro atoms. The van der Waals surface area contributed by atoms with E-state index in [-0.39, 0.29) is 0 Å². The van der Waals surface area contributed by atoms with E-state index in [0.29, 0.717) is 37.0 Å². The summed E-state index contributed by atoms with van der Waals surface area (Å²) in [6.07, 6.45) is 5.48. The van der Waals surface area contributed by atoms with Crippen LogP contribution in [0, 0.1) is 23.2 Å². The maximum atomic E-state index is 11.6. The van der Waals surface area contributed by atoms with Crippen molar-refractivity contribution in [3.8, 4) is 0 Å². The molecule has 1 atom stereocenters. The Bertz CT molecular complexity index is 391. The Balaban J connectivity index is 1.99. The highest BCUT2D eigenvalue weighted by Crippen LogP contribution is 2.66. The predicted octanol–water partition coefficient (Wildman–Crippen LogP) is 1.83. The molecule has 5 nitrogen and oxygen atoms in total. The molecule has 6 heteroatoms. The number of aliphatic carboxylic acids is 1. The molecule has 4 aliphatic rings. The topological polar surface area (TPSA) is 94.8 Å². The fraction of sp³-hybridized carbons (Fsp3) is 0.917. The second-order valence-electron chi connectivity index (χ2n) is 6.61. The minimum atomic E-state index is -4.58. The minimum absolute atomic E-state index is 0.490. The predicted molar refractivity (Wildman–Crippen MR) is 64.1 cm³/mol. The first kappa shape index (κ1) is 12.6. The van der Waals surface area contributed by atoms with Gasteiger partial charge in [0.05, 0.1) is 0 Å². The van der Waals surface area contributed by atoms with Crippen LogP contribution in [0.15, 0.2) is 0 Å². The van der Waals surface area contributed by atoms with Crippen molar-refractivity contribution in [3.05, 3.63) is 0 Å². The third kappa shape index (κ3) is 1.84. The van der Waals surface area contributed by atoms with Crippen molar-refractivity contribution in [1.29, 1.82) is 0 Å². The van der Waals surface area contributed by atoms with E-state index in [1.165, 1.54) is 0 Å². The minimum Gasteiger partial charge on any atom is -0.481 e. The fourth-order valence-electron chi connectivity index (χ4n) is 5.28. The second kappa shape index (κ2) is 3.81. The monoisotopic (exact) mass is 274 g/mol. The van der Waals surface area contributed by atoms with E-state index in [1.807, 2.05) is 0 Å². The molecule has 0 aliphatic heterocycles. The van der Waals surface area contributed by atoms with Crippen molar-refractivity contribution in [2.24, 2.45) is 23.2 Å². The first-order valence-corrected chi connectivity index (χ1v) is 8.26. The molecule has 3 N–H and O–H groups in total. The molecule has 18 heavy (non-hydrogen) atoms. The number of carboxylic acid groups (broad SMARTS) is 1. The number of rotatable bonds is 3. The zero-order valence-corrected chi connectivity index (χ0v) is 11.1. The maximum Gasteiger partial charge on any atom is 0.340 e. The lowest BCUT2D eigenvalue weighted by Gasteiger charge is -2.58. The summed E-state index contributed by atoms with van der Waals surface area (Å²) >= 11 is 0. The molecular weight excluding hydrogens is 255 g/mol. The van der Waals surface area contributed by atoms with Gasteiger partial charge in [0.15, 0.2) is 5.66 Å². The summed E-state index contributed by atoms with van der Waals surface area (Å²) in [4.78, 5) is 30.2. The zero-order chi connectivity index (χ0) is 13.1. The van der Waals surface area contributed by atoms with E-state index in [9.17, 15) is 24.3 Å². The van der Waals surface area contributed by atoms with E-state index in [0.717, 1.165) is 19.3 Å². The molecule has 0 saturated heterocycles. The third-order valence-corrected chi connectivity index (χ3v) is 6.68. The van der Waals surface area contributed by atoms with E-state index in [4.69, 9.17) is 0 Å². The van der Waals surface area contributed by atoms with Crippen molar-refractivity contribution in [3.63, 3.8) is 0 Å². The lowest BCUT2D eigenvalue weighted by atomic mass is 9.48. The van der Waals surface area contributed by atoms with Crippen LogP contribution >= 0.6 is 7.60 Å². The fourth-order valence-corrected chi connectivity index (χ4v) is 6.59. The smallest absolute Gasteiger partial charge is 0.340 e. The third-order valence-electron chi connectivity index (χ3n) is 5.24. The van der Waals surface area contributed by atoms with Gasteiger partial charge in [0.25, 0.3) is 0 Å². The molecular formula is C12H19O5P. The Kier molecular flexibility index (Phi) is 2.68. The Morgan fingerprint density at radius 1 is 1.06 bits per heavy atom. The highest BCUT2D eigenvalue weighted by atomic mass is 31.2. The van der Waals surface area contributed by atoms with Gasteiger partial charge in [-0.1, -0.05) is 0 Å². The van der Waals surface area contributed by atoms with E-state index in [2.05, 4.69) is 0 Å². The van der Waals surface area contributed by atoms with Crippen molar-refractivity contribution in [2.75, 3.05) is 0 Å². The Hall–Kier alpha value is -0.380. The summed E-state index contributed by atoms with van der Waals surface area (Å²) in [6, 6.07) is 0. The first-order chi connectivity index (χ1) is 8.30. The van der Waals surface area contributed by atoms with Crippen LogP contribution in [0.1, 0.15) is 38.5 Å². The van der Waals surface area contributed by atoms with Crippen molar-refractivity contribution in [1.82, 2.24) is 0 Å². The second-order valence-corrected chi connectivity index (χ2v) is 8.30. The van der Waals surface area contributed by atoms with Crippen LogP contribution in [-0.4, -0.2) is 26.5 Å². The average Bonchev–Trinajstić information content (AvgIpc) is 2.09. The Morgan fingerprint density at radius 3 is 1.72 bits per heavy atom. The number of carbonyl (C=O) groups is 1. The standard InChI is InChI=1S/C12H19O5P/c13-11(14)10(18(15,16)17)12-4-7-1-8(5-12)3-9(2-7)6-12/h7-10H,1-6H2,(H,13,14)(H2,15,16,17). The molecule has 4 rings (SSSR count). The summed E-state index contributed by atoms with van der Waals surface area (Å²) in [5, 5.41) is 9.28. The van der Waals surface area contributed by atoms with Gasteiger partial charge in [-0.05, 0) is 61.7 Å². The van der Waals surface area contributed by atoms with Gasteiger partial charge in [-0.2, -0.15) is 0 Å².